The van der Waals surface area contributed by atoms with E-state index in [1.54, 1.807) is 28.4 Å². The second-order valence-corrected chi connectivity index (χ2v) is 8.81. The lowest BCUT2D eigenvalue weighted by Crippen LogP contribution is -1.97. The Hall–Kier alpha value is -4.12. The van der Waals surface area contributed by atoms with Gasteiger partial charge in [0.15, 0.2) is 11.5 Å². The Labute approximate surface area is 219 Å². The van der Waals surface area contributed by atoms with Gasteiger partial charge in [-0.3, -0.25) is 0 Å². The molecular weight excluding hydrogens is 464 g/mol. The van der Waals surface area contributed by atoms with E-state index >= 15 is 0 Å². The fourth-order valence-electron chi connectivity index (χ4n) is 4.26. The van der Waals surface area contributed by atoms with Gasteiger partial charge in [0.1, 0.15) is 23.0 Å². The van der Waals surface area contributed by atoms with Crippen LogP contribution in [0, 0.1) is 0 Å². The van der Waals surface area contributed by atoms with E-state index in [0.717, 1.165) is 59.8 Å². The van der Waals surface area contributed by atoms with Crippen molar-refractivity contribution in [2.75, 3.05) is 28.4 Å². The molecule has 4 aromatic rings. The summed E-state index contributed by atoms with van der Waals surface area (Å²) in [4.78, 5) is 0. The van der Waals surface area contributed by atoms with Crippen LogP contribution in [0.1, 0.15) is 22.3 Å². The molecule has 5 nitrogen and oxygen atoms in total. The minimum Gasteiger partial charge on any atom is -0.497 e. The molecule has 0 fully saturated rings. The third kappa shape index (κ3) is 7.20. The maximum atomic E-state index is 6.31. The Morgan fingerprint density at radius 2 is 0.919 bits per heavy atom. The minimum absolute atomic E-state index is 0.702. The summed E-state index contributed by atoms with van der Waals surface area (Å²) >= 11 is 0. The predicted octanol–water partition coefficient (Wildman–Crippen LogP) is 7.08. The van der Waals surface area contributed by atoms with Gasteiger partial charge in [-0.25, -0.2) is 0 Å². The number of ether oxygens (including phenoxy) is 5. The maximum Gasteiger partial charge on any atom is 0.169 e. The van der Waals surface area contributed by atoms with E-state index in [4.69, 9.17) is 23.7 Å². The highest BCUT2D eigenvalue weighted by Gasteiger charge is 2.10. The molecule has 0 aliphatic heterocycles. The molecule has 0 aliphatic carbocycles. The van der Waals surface area contributed by atoms with E-state index in [9.17, 15) is 0 Å². The molecule has 4 rings (SSSR count). The molecule has 37 heavy (non-hydrogen) atoms. The molecule has 0 radical (unpaired) electrons. The van der Waals surface area contributed by atoms with Crippen LogP contribution in [0.2, 0.25) is 0 Å². The highest BCUT2D eigenvalue weighted by atomic mass is 16.5. The van der Waals surface area contributed by atoms with Crippen molar-refractivity contribution in [1.82, 2.24) is 0 Å². The Kier molecular flexibility index (Phi) is 8.93. The molecule has 0 aromatic heterocycles. The van der Waals surface area contributed by atoms with Crippen molar-refractivity contribution >= 4 is 0 Å². The first-order chi connectivity index (χ1) is 18.1. The number of hydrogen-bond donors (Lipinski definition) is 0. The van der Waals surface area contributed by atoms with Gasteiger partial charge in [-0.15, -0.1) is 0 Å². The molecule has 0 atom stereocenters. The van der Waals surface area contributed by atoms with Gasteiger partial charge in [0.05, 0.1) is 28.4 Å². The van der Waals surface area contributed by atoms with Crippen molar-refractivity contribution in [3.05, 3.63) is 107 Å². The predicted molar refractivity (Wildman–Crippen MR) is 147 cm³/mol. The van der Waals surface area contributed by atoms with E-state index in [2.05, 4.69) is 36.4 Å². The lowest BCUT2D eigenvalue weighted by Gasteiger charge is -2.14. The van der Waals surface area contributed by atoms with Gasteiger partial charge in [-0.05, 0) is 96.5 Å². The van der Waals surface area contributed by atoms with Gasteiger partial charge in [-0.1, -0.05) is 30.3 Å². The van der Waals surface area contributed by atoms with Crippen LogP contribution >= 0.6 is 0 Å². The lowest BCUT2D eigenvalue weighted by atomic mass is 10.0. The fraction of sp³-hybridized carbons (Fsp3) is 0.250. The SMILES string of the molecule is COc1cccc(CCc2cccc(Oc3cc(CCc4cc(OC)cc(OC)c4)ccc3OC)c2)c1. The van der Waals surface area contributed by atoms with Gasteiger partial charge in [-0.2, -0.15) is 0 Å². The first-order valence-corrected chi connectivity index (χ1v) is 12.4. The third-order valence-corrected chi connectivity index (χ3v) is 6.30. The van der Waals surface area contributed by atoms with E-state index in [1.807, 2.05) is 48.5 Å². The number of rotatable bonds is 12. The summed E-state index contributed by atoms with van der Waals surface area (Å²) in [6, 6.07) is 28.5. The molecule has 0 aliphatic rings. The van der Waals surface area contributed by atoms with Gasteiger partial charge < -0.3 is 23.7 Å². The molecule has 0 spiro atoms. The van der Waals surface area contributed by atoms with E-state index in [1.165, 1.54) is 11.1 Å². The van der Waals surface area contributed by atoms with Crippen molar-refractivity contribution in [3.8, 4) is 34.5 Å². The molecule has 0 saturated heterocycles. The average molecular weight is 499 g/mol. The normalized spacial score (nSPS) is 10.6. The topological polar surface area (TPSA) is 46.2 Å². The van der Waals surface area contributed by atoms with Gasteiger partial charge >= 0.3 is 0 Å². The van der Waals surface area contributed by atoms with Crippen molar-refractivity contribution in [2.24, 2.45) is 0 Å². The van der Waals surface area contributed by atoms with Gasteiger partial charge in [0.25, 0.3) is 0 Å². The zero-order valence-electron chi connectivity index (χ0n) is 22.0. The molecule has 0 amide bonds. The van der Waals surface area contributed by atoms with Crippen molar-refractivity contribution in [2.45, 2.75) is 25.7 Å². The summed E-state index contributed by atoms with van der Waals surface area (Å²) in [6.07, 6.45) is 3.52. The third-order valence-electron chi connectivity index (χ3n) is 6.30. The largest absolute Gasteiger partial charge is 0.497 e. The average Bonchev–Trinajstić information content (AvgIpc) is 2.95. The Morgan fingerprint density at radius 1 is 0.405 bits per heavy atom. The Morgan fingerprint density at radius 3 is 1.51 bits per heavy atom. The molecule has 0 N–H and O–H groups in total. The molecule has 0 bridgehead atoms. The number of hydrogen-bond acceptors (Lipinski definition) is 5. The molecule has 192 valence electrons. The van der Waals surface area contributed by atoms with Crippen LogP contribution in [0.25, 0.3) is 0 Å². The van der Waals surface area contributed by atoms with Crippen LogP contribution in [0.4, 0.5) is 0 Å². The van der Waals surface area contributed by atoms with E-state index in [0.29, 0.717) is 11.5 Å². The fourth-order valence-corrected chi connectivity index (χ4v) is 4.26. The standard InChI is InChI=1S/C32H34O5/c1-33-27-9-5-7-23(17-27)11-12-24-8-6-10-28(18-24)37-32-21-25(15-16-31(32)36-4)13-14-26-19-29(34-2)22-30(20-26)35-3/h5-10,15-22H,11-14H2,1-4H3. The van der Waals surface area contributed by atoms with Crippen molar-refractivity contribution < 1.29 is 23.7 Å². The van der Waals surface area contributed by atoms with Gasteiger partial charge in [0.2, 0.25) is 0 Å². The molecule has 4 aromatic carbocycles. The molecule has 0 saturated carbocycles. The minimum atomic E-state index is 0.702. The summed E-state index contributed by atoms with van der Waals surface area (Å²) in [5.41, 5.74) is 4.76. The van der Waals surface area contributed by atoms with E-state index < -0.39 is 0 Å². The molecule has 0 heterocycles. The second-order valence-electron chi connectivity index (χ2n) is 8.81. The van der Waals surface area contributed by atoms with Crippen LogP contribution in [-0.2, 0) is 25.7 Å². The first-order valence-electron chi connectivity index (χ1n) is 12.4. The number of aryl methyl sites for hydroxylation is 4. The second kappa shape index (κ2) is 12.7. The van der Waals surface area contributed by atoms with Crippen LogP contribution < -0.4 is 23.7 Å². The maximum absolute atomic E-state index is 6.31. The smallest absolute Gasteiger partial charge is 0.169 e. The molecular formula is C32H34O5. The first kappa shape index (κ1) is 26.0. The Bertz CT molecular complexity index is 1290. The van der Waals surface area contributed by atoms with Crippen molar-refractivity contribution in [1.29, 1.82) is 0 Å². The van der Waals surface area contributed by atoms with Crippen LogP contribution in [0.3, 0.4) is 0 Å². The van der Waals surface area contributed by atoms with E-state index in [-0.39, 0.29) is 0 Å². The summed E-state index contributed by atoms with van der Waals surface area (Å²) in [5.74, 6) is 4.66. The molecule has 5 heteroatoms. The highest BCUT2D eigenvalue weighted by Crippen LogP contribution is 2.33. The summed E-state index contributed by atoms with van der Waals surface area (Å²) in [6.45, 7) is 0. The summed E-state index contributed by atoms with van der Waals surface area (Å²) < 4.78 is 28.0. The van der Waals surface area contributed by atoms with Crippen molar-refractivity contribution in [3.63, 3.8) is 0 Å². The monoisotopic (exact) mass is 498 g/mol. The van der Waals surface area contributed by atoms with Crippen LogP contribution in [0.5, 0.6) is 34.5 Å². The molecule has 0 unspecified atom stereocenters. The summed E-state index contributed by atoms with van der Waals surface area (Å²) in [7, 11) is 6.69. The lowest BCUT2D eigenvalue weighted by molar-refractivity contribution is 0.378. The van der Waals surface area contributed by atoms with Crippen LogP contribution in [-0.4, -0.2) is 28.4 Å². The van der Waals surface area contributed by atoms with Crippen LogP contribution in [0.15, 0.2) is 84.9 Å². The number of benzene rings is 4. The van der Waals surface area contributed by atoms with Gasteiger partial charge in [0, 0.05) is 6.07 Å². The Balaban J connectivity index is 1.45. The quantitative estimate of drug-likeness (QED) is 0.209. The number of methoxy groups -OCH3 is 4. The highest BCUT2D eigenvalue weighted by molar-refractivity contribution is 5.46. The zero-order valence-corrected chi connectivity index (χ0v) is 22.0. The zero-order chi connectivity index (χ0) is 26.0. The summed E-state index contributed by atoms with van der Waals surface area (Å²) in [5, 5.41) is 0.